The monoisotopic (exact) mass is 433 g/mol. The van der Waals surface area contributed by atoms with Crippen LogP contribution in [0.4, 0.5) is 5.69 Å². The third-order valence-corrected chi connectivity index (χ3v) is 4.54. The molecule has 0 unspecified atom stereocenters. The highest BCUT2D eigenvalue weighted by Crippen LogP contribution is 2.37. The fourth-order valence-electron chi connectivity index (χ4n) is 2.66. The van der Waals surface area contributed by atoms with Gasteiger partial charge in [-0.05, 0) is 48.7 Å². The highest BCUT2D eigenvalue weighted by atomic mass is 35.5. The molecule has 30 heavy (non-hydrogen) atoms. The Kier molecular flexibility index (Phi) is 7.83. The van der Waals surface area contributed by atoms with Gasteiger partial charge in [-0.3, -0.25) is 4.79 Å². The number of esters is 2. The molecule has 9 heteroatoms. The van der Waals surface area contributed by atoms with E-state index in [1.54, 1.807) is 18.2 Å². The van der Waals surface area contributed by atoms with Crippen LogP contribution < -0.4 is 5.32 Å². The SMILES string of the molecule is COC(=O)c1ccc(NC(=O)/C=C\CCc2c(Cl)c(O)cc(O)c2C(=O)OC)cc1. The summed E-state index contributed by atoms with van der Waals surface area (Å²) >= 11 is 6.06. The van der Waals surface area contributed by atoms with Gasteiger partial charge in [-0.2, -0.15) is 0 Å². The molecule has 0 atom stereocenters. The summed E-state index contributed by atoms with van der Waals surface area (Å²) in [6.45, 7) is 0. The van der Waals surface area contributed by atoms with Crippen molar-refractivity contribution < 1.29 is 34.1 Å². The van der Waals surface area contributed by atoms with Gasteiger partial charge in [0, 0.05) is 11.8 Å². The van der Waals surface area contributed by atoms with Crippen molar-refractivity contribution in [2.75, 3.05) is 19.5 Å². The molecule has 0 radical (unpaired) electrons. The molecule has 2 aromatic rings. The third-order valence-electron chi connectivity index (χ3n) is 4.11. The largest absolute Gasteiger partial charge is 0.507 e. The van der Waals surface area contributed by atoms with Gasteiger partial charge in [0.2, 0.25) is 5.91 Å². The molecule has 0 fully saturated rings. The smallest absolute Gasteiger partial charge is 0.341 e. The molecular formula is C21H20ClNO7. The first kappa shape index (κ1) is 22.8. The van der Waals surface area contributed by atoms with E-state index in [9.17, 15) is 24.6 Å². The van der Waals surface area contributed by atoms with Crippen LogP contribution in [-0.2, 0) is 20.7 Å². The van der Waals surface area contributed by atoms with Gasteiger partial charge >= 0.3 is 11.9 Å². The molecule has 0 saturated heterocycles. The predicted octanol–water partition coefficient (Wildman–Crippen LogP) is 3.45. The van der Waals surface area contributed by atoms with Crippen LogP contribution >= 0.6 is 11.6 Å². The summed E-state index contributed by atoms with van der Waals surface area (Å²) in [7, 11) is 2.44. The van der Waals surface area contributed by atoms with E-state index in [0.29, 0.717) is 17.7 Å². The van der Waals surface area contributed by atoms with Gasteiger partial charge in [-0.1, -0.05) is 17.7 Å². The number of anilines is 1. The predicted molar refractivity (Wildman–Crippen MR) is 110 cm³/mol. The molecule has 0 aliphatic rings. The zero-order chi connectivity index (χ0) is 22.3. The Bertz CT molecular complexity index is 984. The van der Waals surface area contributed by atoms with Crippen LogP contribution in [0.1, 0.15) is 32.7 Å². The minimum absolute atomic E-state index is 0.0725. The average Bonchev–Trinajstić information content (AvgIpc) is 2.73. The fraction of sp³-hybridized carbons (Fsp3) is 0.190. The van der Waals surface area contributed by atoms with Gasteiger partial charge < -0.3 is 25.0 Å². The van der Waals surface area contributed by atoms with Crippen LogP contribution in [0.3, 0.4) is 0 Å². The Morgan fingerprint density at radius 1 is 1.03 bits per heavy atom. The Morgan fingerprint density at radius 3 is 2.27 bits per heavy atom. The van der Waals surface area contributed by atoms with Crippen molar-refractivity contribution in [3.05, 3.63) is 64.2 Å². The van der Waals surface area contributed by atoms with Crippen molar-refractivity contribution in [2.45, 2.75) is 12.8 Å². The molecule has 8 nitrogen and oxygen atoms in total. The van der Waals surface area contributed by atoms with Crippen LogP contribution in [0, 0.1) is 0 Å². The first-order valence-corrected chi connectivity index (χ1v) is 9.13. The lowest BCUT2D eigenvalue weighted by Gasteiger charge is -2.12. The molecule has 0 saturated carbocycles. The lowest BCUT2D eigenvalue weighted by molar-refractivity contribution is -0.111. The summed E-state index contributed by atoms with van der Waals surface area (Å²) in [4.78, 5) is 35.3. The number of carbonyl (C=O) groups is 3. The number of amides is 1. The summed E-state index contributed by atoms with van der Waals surface area (Å²) in [6, 6.07) is 7.14. The second-order valence-electron chi connectivity index (χ2n) is 6.07. The van der Waals surface area contributed by atoms with E-state index in [1.165, 1.54) is 25.3 Å². The molecule has 0 aliphatic carbocycles. The number of methoxy groups -OCH3 is 2. The molecule has 0 heterocycles. The average molecular weight is 434 g/mol. The van der Waals surface area contributed by atoms with Crippen LogP contribution in [0.5, 0.6) is 11.5 Å². The first-order chi connectivity index (χ1) is 14.3. The molecule has 0 spiro atoms. The lowest BCUT2D eigenvalue weighted by Crippen LogP contribution is -2.09. The van der Waals surface area contributed by atoms with E-state index in [0.717, 1.165) is 13.2 Å². The molecule has 2 aromatic carbocycles. The number of halogens is 1. The van der Waals surface area contributed by atoms with Gasteiger partial charge in [0.25, 0.3) is 0 Å². The molecule has 0 aromatic heterocycles. The molecule has 0 aliphatic heterocycles. The number of phenolic OH excluding ortho intramolecular Hbond substituents is 2. The maximum atomic E-state index is 12.0. The quantitative estimate of drug-likeness (QED) is 0.451. The van der Waals surface area contributed by atoms with Crippen molar-refractivity contribution in [3.8, 4) is 11.5 Å². The summed E-state index contributed by atoms with van der Waals surface area (Å²) in [6.07, 6.45) is 3.31. The van der Waals surface area contributed by atoms with Crippen LogP contribution in [0.15, 0.2) is 42.5 Å². The van der Waals surface area contributed by atoms with Gasteiger partial charge in [0.15, 0.2) is 0 Å². The second kappa shape index (κ2) is 10.3. The zero-order valence-corrected chi connectivity index (χ0v) is 17.0. The molecule has 0 bridgehead atoms. The van der Waals surface area contributed by atoms with E-state index < -0.39 is 23.6 Å². The Morgan fingerprint density at radius 2 is 1.67 bits per heavy atom. The fourth-order valence-corrected chi connectivity index (χ4v) is 2.90. The number of rotatable bonds is 7. The minimum atomic E-state index is -0.790. The highest BCUT2D eigenvalue weighted by molar-refractivity contribution is 6.33. The molecule has 158 valence electrons. The molecule has 1 amide bonds. The van der Waals surface area contributed by atoms with Crippen LogP contribution in [0.25, 0.3) is 0 Å². The Balaban J connectivity index is 2.02. The summed E-state index contributed by atoms with van der Waals surface area (Å²) in [5.74, 6) is -2.49. The summed E-state index contributed by atoms with van der Waals surface area (Å²) in [5, 5.41) is 22.3. The molecule has 2 rings (SSSR count). The Labute approximate surface area is 177 Å². The standard InChI is InChI=1S/C21H20ClNO7/c1-29-20(27)12-7-9-13(10-8-12)23-17(26)6-4-3-5-14-18(21(28)30-2)15(24)11-16(25)19(14)22/h4,6-11,24-25H,3,5H2,1-2H3,(H,23,26)/b6-4-. The van der Waals surface area contributed by atoms with Crippen LogP contribution in [-0.4, -0.2) is 42.3 Å². The number of carbonyl (C=O) groups excluding carboxylic acids is 3. The number of benzene rings is 2. The number of phenols is 2. The number of ether oxygens (including phenoxy) is 2. The maximum Gasteiger partial charge on any atom is 0.341 e. The first-order valence-electron chi connectivity index (χ1n) is 8.76. The van der Waals surface area contributed by atoms with Crippen molar-refractivity contribution in [2.24, 2.45) is 0 Å². The molecule has 3 N–H and O–H groups in total. The lowest BCUT2D eigenvalue weighted by atomic mass is 10.0. The van der Waals surface area contributed by atoms with E-state index in [1.807, 2.05) is 0 Å². The van der Waals surface area contributed by atoms with Gasteiger partial charge in [-0.15, -0.1) is 0 Å². The molecular weight excluding hydrogens is 414 g/mol. The number of nitrogens with one attached hydrogen (secondary N) is 1. The number of allylic oxidation sites excluding steroid dienone is 1. The topological polar surface area (TPSA) is 122 Å². The normalized spacial score (nSPS) is 10.6. The van der Waals surface area contributed by atoms with Crippen LogP contribution in [0.2, 0.25) is 5.02 Å². The highest BCUT2D eigenvalue weighted by Gasteiger charge is 2.22. The number of aromatic hydroxyl groups is 2. The zero-order valence-electron chi connectivity index (χ0n) is 16.3. The number of hydrogen-bond acceptors (Lipinski definition) is 7. The van der Waals surface area contributed by atoms with Crippen molar-refractivity contribution in [3.63, 3.8) is 0 Å². The number of hydrogen-bond donors (Lipinski definition) is 3. The minimum Gasteiger partial charge on any atom is -0.507 e. The van der Waals surface area contributed by atoms with Crippen molar-refractivity contribution in [1.82, 2.24) is 0 Å². The van der Waals surface area contributed by atoms with Gasteiger partial charge in [0.1, 0.15) is 17.1 Å². The third kappa shape index (κ3) is 5.51. The second-order valence-corrected chi connectivity index (χ2v) is 6.45. The van der Waals surface area contributed by atoms with Gasteiger partial charge in [-0.25, -0.2) is 9.59 Å². The van der Waals surface area contributed by atoms with E-state index in [4.69, 9.17) is 11.6 Å². The van der Waals surface area contributed by atoms with Gasteiger partial charge in [0.05, 0.1) is 24.8 Å². The maximum absolute atomic E-state index is 12.0. The summed E-state index contributed by atoms with van der Waals surface area (Å²) in [5.41, 5.74) is 0.929. The summed E-state index contributed by atoms with van der Waals surface area (Å²) < 4.78 is 9.25. The van der Waals surface area contributed by atoms with E-state index >= 15 is 0 Å². The van der Waals surface area contributed by atoms with Crippen molar-refractivity contribution >= 4 is 35.1 Å². The Hall–Kier alpha value is -3.52. The van der Waals surface area contributed by atoms with E-state index in [-0.39, 0.29) is 28.3 Å². The van der Waals surface area contributed by atoms with E-state index in [2.05, 4.69) is 14.8 Å². The van der Waals surface area contributed by atoms with Crippen molar-refractivity contribution in [1.29, 1.82) is 0 Å².